The molecule has 0 unspecified atom stereocenters. The van der Waals surface area contributed by atoms with Gasteiger partial charge in [-0.05, 0) is 34.0 Å². The largest absolute Gasteiger partial charge is 0.453 e. The lowest BCUT2D eigenvalue weighted by molar-refractivity contribution is 0.173. The van der Waals surface area contributed by atoms with Gasteiger partial charge in [-0.1, -0.05) is 6.92 Å². The summed E-state index contributed by atoms with van der Waals surface area (Å²) in [5.41, 5.74) is 2.09. The third kappa shape index (κ3) is 1.68. The van der Waals surface area contributed by atoms with Crippen molar-refractivity contribution in [2.75, 3.05) is 6.79 Å². The van der Waals surface area contributed by atoms with E-state index in [-0.39, 0.29) is 6.79 Å². The Bertz CT molecular complexity index is 437. The van der Waals surface area contributed by atoms with Crippen LogP contribution in [0.25, 0.3) is 0 Å². The molecule has 0 fully saturated rings. The second kappa shape index (κ2) is 4.11. The van der Waals surface area contributed by atoms with Gasteiger partial charge in [-0.15, -0.1) is 0 Å². The fraction of sp³-hybridized carbons (Fsp3) is 0.364. The molecule has 1 heterocycles. The van der Waals surface area contributed by atoms with Crippen LogP contribution in [0.2, 0.25) is 0 Å². The molecule has 1 aromatic rings. The van der Waals surface area contributed by atoms with Gasteiger partial charge < -0.3 is 9.47 Å². The van der Waals surface area contributed by atoms with Crippen LogP contribution in [0.15, 0.2) is 10.5 Å². The van der Waals surface area contributed by atoms with Crippen molar-refractivity contribution in [2.45, 2.75) is 19.8 Å². The van der Waals surface area contributed by atoms with Crippen LogP contribution in [0, 0.1) is 11.3 Å². The van der Waals surface area contributed by atoms with Crippen LogP contribution in [0.5, 0.6) is 11.5 Å². The van der Waals surface area contributed by atoms with E-state index in [9.17, 15) is 0 Å². The first-order valence-corrected chi connectivity index (χ1v) is 5.54. The summed E-state index contributed by atoms with van der Waals surface area (Å²) in [6.07, 6.45) is 1.24. The van der Waals surface area contributed by atoms with E-state index in [4.69, 9.17) is 14.7 Å². The summed E-state index contributed by atoms with van der Waals surface area (Å²) in [6.45, 7) is 2.31. The monoisotopic (exact) mass is 267 g/mol. The second-order valence-electron chi connectivity index (χ2n) is 3.25. The average Bonchev–Trinajstić information content (AvgIpc) is 2.68. The summed E-state index contributed by atoms with van der Waals surface area (Å²) in [6, 6.07) is 4.10. The predicted molar refractivity (Wildman–Crippen MR) is 59.0 cm³/mol. The lowest BCUT2D eigenvalue weighted by Gasteiger charge is -2.09. The Labute approximate surface area is 96.7 Å². The number of halogens is 1. The van der Waals surface area contributed by atoms with Gasteiger partial charge in [0.25, 0.3) is 0 Å². The van der Waals surface area contributed by atoms with Crippen molar-refractivity contribution < 1.29 is 9.47 Å². The summed E-state index contributed by atoms with van der Waals surface area (Å²) in [4.78, 5) is 0. The highest BCUT2D eigenvalue weighted by atomic mass is 79.9. The zero-order valence-corrected chi connectivity index (χ0v) is 9.93. The van der Waals surface area contributed by atoms with Crippen LogP contribution >= 0.6 is 15.9 Å². The molecule has 78 valence electrons. The maximum absolute atomic E-state index is 8.74. The number of nitrogens with zero attached hydrogens (tertiary/aromatic N) is 1. The summed E-state index contributed by atoms with van der Waals surface area (Å²) >= 11 is 3.42. The first-order chi connectivity index (χ1) is 7.27. The van der Waals surface area contributed by atoms with E-state index in [2.05, 4.69) is 22.0 Å². The lowest BCUT2D eigenvalue weighted by atomic mass is 10.0. The minimum absolute atomic E-state index is 0.261. The first kappa shape index (κ1) is 10.3. The molecule has 0 atom stereocenters. The summed E-state index contributed by atoms with van der Waals surface area (Å²) in [5, 5.41) is 8.74. The predicted octanol–water partition coefficient (Wildman–Crippen LogP) is 2.81. The number of nitriles is 1. The molecule has 0 aromatic heterocycles. The minimum atomic E-state index is 0.261. The molecule has 0 saturated carbocycles. The van der Waals surface area contributed by atoms with Crippen LogP contribution in [0.3, 0.4) is 0 Å². The minimum Gasteiger partial charge on any atom is -0.453 e. The number of fused-ring (bicyclic) bond motifs is 1. The average molecular weight is 268 g/mol. The van der Waals surface area contributed by atoms with Crippen molar-refractivity contribution in [3.63, 3.8) is 0 Å². The molecule has 1 aliphatic heterocycles. The molecule has 1 aliphatic rings. The molecule has 3 nitrogen and oxygen atoms in total. The van der Waals surface area contributed by atoms with Crippen molar-refractivity contribution in [3.05, 3.63) is 21.7 Å². The van der Waals surface area contributed by atoms with Crippen LogP contribution in [0.4, 0.5) is 0 Å². The van der Waals surface area contributed by atoms with E-state index in [0.717, 1.165) is 33.5 Å². The molecule has 4 heteroatoms. The Hall–Kier alpha value is -1.21. The lowest BCUT2D eigenvalue weighted by Crippen LogP contribution is -1.96. The quantitative estimate of drug-likeness (QED) is 0.828. The van der Waals surface area contributed by atoms with Crippen LogP contribution in [-0.2, 0) is 12.8 Å². The molecule has 0 saturated heterocycles. The van der Waals surface area contributed by atoms with E-state index in [1.54, 1.807) is 0 Å². The standard InChI is InChI=1S/C11H10BrNO2/c1-2-8-7(3-4-13)5-9(12)11-10(8)14-6-15-11/h5H,2-3,6H2,1H3. The molecule has 0 radical (unpaired) electrons. The van der Waals surface area contributed by atoms with E-state index >= 15 is 0 Å². The third-order valence-electron chi connectivity index (χ3n) is 2.42. The van der Waals surface area contributed by atoms with Crippen molar-refractivity contribution >= 4 is 15.9 Å². The van der Waals surface area contributed by atoms with Gasteiger partial charge >= 0.3 is 0 Å². The van der Waals surface area contributed by atoms with Gasteiger partial charge in [0, 0.05) is 5.56 Å². The number of rotatable bonds is 2. The van der Waals surface area contributed by atoms with Gasteiger partial charge in [0.1, 0.15) is 0 Å². The summed E-state index contributed by atoms with van der Waals surface area (Å²) in [5.74, 6) is 1.55. The molecular weight excluding hydrogens is 258 g/mol. The van der Waals surface area contributed by atoms with Crippen molar-refractivity contribution in [2.24, 2.45) is 0 Å². The van der Waals surface area contributed by atoms with Crippen molar-refractivity contribution in [3.8, 4) is 17.6 Å². The first-order valence-electron chi connectivity index (χ1n) is 4.74. The third-order valence-corrected chi connectivity index (χ3v) is 3.00. The van der Waals surface area contributed by atoms with Crippen molar-refractivity contribution in [1.29, 1.82) is 5.26 Å². The SMILES string of the molecule is CCc1c(CC#N)cc(Br)c2c1OCO2. The number of hydrogen-bond donors (Lipinski definition) is 0. The molecular formula is C11H10BrNO2. The molecule has 2 rings (SSSR count). The van der Waals surface area contributed by atoms with Gasteiger partial charge in [0.15, 0.2) is 11.5 Å². The molecule has 0 bridgehead atoms. The maximum Gasteiger partial charge on any atom is 0.231 e. The second-order valence-corrected chi connectivity index (χ2v) is 4.10. The molecule has 0 amide bonds. The van der Waals surface area contributed by atoms with Gasteiger partial charge in [-0.3, -0.25) is 0 Å². The fourth-order valence-corrected chi connectivity index (χ4v) is 2.33. The van der Waals surface area contributed by atoms with Crippen molar-refractivity contribution in [1.82, 2.24) is 0 Å². The van der Waals surface area contributed by atoms with Gasteiger partial charge in [-0.25, -0.2) is 0 Å². The topological polar surface area (TPSA) is 42.2 Å². The Kier molecular flexibility index (Phi) is 2.83. The smallest absolute Gasteiger partial charge is 0.231 e. The molecule has 1 aromatic carbocycles. The molecule has 0 spiro atoms. The highest BCUT2D eigenvalue weighted by Crippen LogP contribution is 2.43. The Balaban J connectivity index is 2.59. The van der Waals surface area contributed by atoms with E-state index in [0.29, 0.717) is 6.42 Å². The molecule has 0 N–H and O–H groups in total. The number of ether oxygens (including phenoxy) is 2. The maximum atomic E-state index is 8.74. The van der Waals surface area contributed by atoms with Crippen LogP contribution in [-0.4, -0.2) is 6.79 Å². The normalized spacial score (nSPS) is 12.6. The van der Waals surface area contributed by atoms with Crippen LogP contribution < -0.4 is 9.47 Å². The summed E-state index contributed by atoms with van der Waals surface area (Å²) < 4.78 is 11.6. The van der Waals surface area contributed by atoms with E-state index in [1.165, 1.54) is 0 Å². The van der Waals surface area contributed by atoms with E-state index in [1.807, 2.05) is 13.0 Å². The van der Waals surface area contributed by atoms with E-state index < -0.39 is 0 Å². The highest BCUT2D eigenvalue weighted by molar-refractivity contribution is 9.10. The Morgan fingerprint density at radius 3 is 2.87 bits per heavy atom. The van der Waals surface area contributed by atoms with Gasteiger partial charge in [0.05, 0.1) is 17.0 Å². The fourth-order valence-electron chi connectivity index (χ4n) is 1.76. The number of benzene rings is 1. The number of hydrogen-bond acceptors (Lipinski definition) is 3. The zero-order chi connectivity index (χ0) is 10.8. The summed E-state index contributed by atoms with van der Waals surface area (Å²) in [7, 11) is 0. The zero-order valence-electron chi connectivity index (χ0n) is 8.34. The molecule has 15 heavy (non-hydrogen) atoms. The highest BCUT2D eigenvalue weighted by Gasteiger charge is 2.22. The van der Waals surface area contributed by atoms with Crippen LogP contribution in [0.1, 0.15) is 18.1 Å². The Morgan fingerprint density at radius 2 is 2.20 bits per heavy atom. The Morgan fingerprint density at radius 1 is 1.47 bits per heavy atom. The van der Waals surface area contributed by atoms with Gasteiger partial charge in [-0.2, -0.15) is 5.26 Å². The van der Waals surface area contributed by atoms with Gasteiger partial charge in [0.2, 0.25) is 6.79 Å². The molecule has 0 aliphatic carbocycles.